The van der Waals surface area contributed by atoms with Crippen LogP contribution < -0.4 is 0 Å². The fourth-order valence-corrected chi connectivity index (χ4v) is 2.93. The van der Waals surface area contributed by atoms with Crippen molar-refractivity contribution in [2.75, 3.05) is 0 Å². The summed E-state index contributed by atoms with van der Waals surface area (Å²) in [5.41, 5.74) is 1.22. The van der Waals surface area contributed by atoms with Gasteiger partial charge < -0.3 is 0 Å². The van der Waals surface area contributed by atoms with Crippen LogP contribution >= 0.6 is 28.9 Å². The summed E-state index contributed by atoms with van der Waals surface area (Å²) in [6.07, 6.45) is 0.815. The second-order valence-corrected chi connectivity index (χ2v) is 12.5. The van der Waals surface area contributed by atoms with E-state index in [-0.39, 0.29) is 0 Å². The number of benzene rings is 1. The molecular formula is C7H9PS3. The molecule has 1 rings (SSSR count). The van der Waals surface area contributed by atoms with Gasteiger partial charge in [-0.1, -0.05) is 42.1 Å². The first-order valence-electron chi connectivity index (χ1n) is 3.16. The summed E-state index contributed by atoms with van der Waals surface area (Å²) >= 11 is 13.6. The molecule has 0 spiro atoms. The van der Waals surface area contributed by atoms with Crippen LogP contribution in [-0.4, -0.2) is 0 Å². The molecule has 0 nitrogen and oxygen atoms in total. The Morgan fingerprint density at radius 2 is 1.73 bits per heavy atom. The van der Waals surface area contributed by atoms with Crippen molar-refractivity contribution in [3.8, 4) is 0 Å². The molecular weight excluding hydrogens is 211 g/mol. The van der Waals surface area contributed by atoms with Crippen LogP contribution in [0, 0.1) is 0 Å². The Morgan fingerprint density at radius 3 is 2.18 bits per heavy atom. The number of thiol groups is 2. The molecule has 11 heavy (non-hydrogen) atoms. The SMILES string of the molecule is S=P(S)(S)Cc1ccccc1. The van der Waals surface area contributed by atoms with E-state index in [1.807, 2.05) is 30.3 Å². The molecule has 0 aliphatic heterocycles. The van der Waals surface area contributed by atoms with Crippen molar-refractivity contribution in [1.29, 1.82) is 0 Å². The Labute approximate surface area is 82.7 Å². The molecule has 0 saturated carbocycles. The van der Waals surface area contributed by atoms with Crippen LogP contribution in [0.4, 0.5) is 0 Å². The van der Waals surface area contributed by atoms with Gasteiger partial charge in [0, 0.05) is 6.16 Å². The first kappa shape index (κ1) is 9.66. The molecule has 0 bridgehead atoms. The van der Waals surface area contributed by atoms with Crippen molar-refractivity contribution in [2.24, 2.45) is 0 Å². The minimum atomic E-state index is -1.67. The summed E-state index contributed by atoms with van der Waals surface area (Å²) in [5, 5.41) is 0. The van der Waals surface area contributed by atoms with E-state index >= 15 is 0 Å². The fraction of sp³-hybridized carbons (Fsp3) is 0.143. The van der Waals surface area contributed by atoms with Crippen LogP contribution in [-0.2, 0) is 18.0 Å². The lowest BCUT2D eigenvalue weighted by Crippen LogP contribution is -1.77. The molecule has 0 radical (unpaired) electrons. The number of hydrogen-bond acceptors (Lipinski definition) is 1. The van der Waals surface area contributed by atoms with Crippen LogP contribution in [0.1, 0.15) is 5.56 Å². The van der Waals surface area contributed by atoms with Gasteiger partial charge in [-0.25, -0.2) is 0 Å². The maximum absolute atomic E-state index is 5.11. The van der Waals surface area contributed by atoms with Crippen LogP contribution in [0.3, 0.4) is 0 Å². The summed E-state index contributed by atoms with van der Waals surface area (Å²) < 4.78 is -1.67. The van der Waals surface area contributed by atoms with Gasteiger partial charge in [0.15, 0.2) is 0 Å². The van der Waals surface area contributed by atoms with E-state index in [1.54, 1.807) is 0 Å². The van der Waals surface area contributed by atoms with E-state index in [4.69, 9.17) is 11.8 Å². The van der Waals surface area contributed by atoms with E-state index < -0.39 is 4.44 Å². The molecule has 0 amide bonds. The Kier molecular flexibility index (Phi) is 3.51. The van der Waals surface area contributed by atoms with Gasteiger partial charge in [-0.3, -0.25) is 0 Å². The fourth-order valence-electron chi connectivity index (χ4n) is 0.821. The van der Waals surface area contributed by atoms with Crippen molar-refractivity contribution < 1.29 is 0 Å². The number of hydrogen-bond donors (Lipinski definition) is 2. The molecule has 4 heteroatoms. The summed E-state index contributed by atoms with van der Waals surface area (Å²) in [6.45, 7) is 0. The van der Waals surface area contributed by atoms with Gasteiger partial charge in [0.25, 0.3) is 0 Å². The molecule has 0 fully saturated rings. The normalized spacial score (nSPS) is 11.5. The van der Waals surface area contributed by atoms with Gasteiger partial charge >= 0.3 is 0 Å². The maximum Gasteiger partial charge on any atom is 0.0556 e. The molecule has 1 aromatic rings. The zero-order valence-electron chi connectivity index (χ0n) is 5.84. The molecule has 0 aliphatic rings. The summed E-state index contributed by atoms with van der Waals surface area (Å²) in [5.74, 6) is 0. The molecule has 0 heterocycles. The first-order chi connectivity index (χ1) is 5.08. The third kappa shape index (κ3) is 4.22. The Hall–Kier alpha value is 0.570. The molecule has 0 unspecified atom stereocenters. The van der Waals surface area contributed by atoms with Crippen LogP contribution in [0.15, 0.2) is 30.3 Å². The topological polar surface area (TPSA) is 0 Å². The minimum absolute atomic E-state index is 0.815. The molecule has 60 valence electrons. The van der Waals surface area contributed by atoms with E-state index in [0.717, 1.165) is 6.16 Å². The Morgan fingerprint density at radius 1 is 1.18 bits per heavy atom. The Bertz CT molecular complexity index is 264. The van der Waals surface area contributed by atoms with Gasteiger partial charge in [0.05, 0.1) is 4.44 Å². The van der Waals surface area contributed by atoms with Crippen molar-refractivity contribution >= 4 is 40.7 Å². The summed E-state index contributed by atoms with van der Waals surface area (Å²) in [4.78, 5) is 0. The van der Waals surface area contributed by atoms with Gasteiger partial charge in [0.2, 0.25) is 0 Å². The van der Waals surface area contributed by atoms with E-state index in [2.05, 4.69) is 24.5 Å². The average molecular weight is 220 g/mol. The van der Waals surface area contributed by atoms with Crippen molar-refractivity contribution in [2.45, 2.75) is 6.16 Å². The monoisotopic (exact) mass is 220 g/mol. The van der Waals surface area contributed by atoms with Crippen LogP contribution in [0.2, 0.25) is 0 Å². The standard InChI is InChI=1S/C7H9PS3/c9-8(10,11)6-7-4-2-1-3-5-7/h1-5H,6H2,(H2,9,10,11). The highest BCUT2D eigenvalue weighted by atomic mass is 33.2. The summed E-state index contributed by atoms with van der Waals surface area (Å²) in [6, 6.07) is 10.1. The smallest absolute Gasteiger partial charge is 0.0556 e. The van der Waals surface area contributed by atoms with Crippen molar-refractivity contribution in [3.05, 3.63) is 35.9 Å². The lowest BCUT2D eigenvalue weighted by atomic mass is 10.2. The van der Waals surface area contributed by atoms with E-state index in [9.17, 15) is 0 Å². The number of rotatable bonds is 2. The Balaban J connectivity index is 2.74. The third-order valence-corrected chi connectivity index (χ3v) is 3.24. The highest BCUT2D eigenvalue weighted by Gasteiger charge is 2.04. The molecule has 0 aromatic heterocycles. The van der Waals surface area contributed by atoms with E-state index in [1.165, 1.54) is 5.56 Å². The third-order valence-electron chi connectivity index (χ3n) is 1.23. The lowest BCUT2D eigenvalue weighted by Gasteiger charge is -2.06. The zero-order valence-corrected chi connectivity index (χ0v) is 9.34. The van der Waals surface area contributed by atoms with Crippen molar-refractivity contribution in [3.63, 3.8) is 0 Å². The average Bonchev–Trinajstić information content (AvgIpc) is 1.85. The second kappa shape index (κ2) is 3.99. The molecule has 0 atom stereocenters. The zero-order chi connectivity index (χ0) is 8.32. The predicted octanol–water partition coefficient (Wildman–Crippen LogP) is 3.36. The molecule has 0 N–H and O–H groups in total. The quantitative estimate of drug-likeness (QED) is 0.569. The highest BCUT2D eigenvalue weighted by Crippen LogP contribution is 2.58. The van der Waals surface area contributed by atoms with Gasteiger partial charge in [-0.05, 0) is 5.56 Å². The largest absolute Gasteiger partial charge is 0.131 e. The molecule has 0 aliphatic carbocycles. The van der Waals surface area contributed by atoms with Crippen LogP contribution in [0.5, 0.6) is 0 Å². The van der Waals surface area contributed by atoms with Gasteiger partial charge in [-0.2, -0.15) is 0 Å². The second-order valence-electron chi connectivity index (χ2n) is 2.31. The summed E-state index contributed by atoms with van der Waals surface area (Å²) in [7, 11) is 0. The van der Waals surface area contributed by atoms with E-state index in [0.29, 0.717) is 0 Å². The van der Waals surface area contributed by atoms with Gasteiger partial charge in [0.1, 0.15) is 0 Å². The minimum Gasteiger partial charge on any atom is -0.131 e. The predicted molar refractivity (Wildman–Crippen MR) is 62.4 cm³/mol. The van der Waals surface area contributed by atoms with Crippen molar-refractivity contribution in [1.82, 2.24) is 0 Å². The van der Waals surface area contributed by atoms with Gasteiger partial charge in [-0.15, -0.1) is 24.5 Å². The highest BCUT2D eigenvalue weighted by molar-refractivity contribution is 8.92. The van der Waals surface area contributed by atoms with Crippen LogP contribution in [0.25, 0.3) is 0 Å². The maximum atomic E-state index is 5.11. The molecule has 0 saturated heterocycles. The molecule has 1 aromatic carbocycles. The first-order valence-corrected chi connectivity index (χ1v) is 8.46. The lowest BCUT2D eigenvalue weighted by molar-refractivity contribution is 1.42.